The van der Waals surface area contributed by atoms with Crippen LogP contribution in [0, 0.1) is 11.6 Å². The monoisotopic (exact) mass is 555 g/mol. The van der Waals surface area contributed by atoms with Crippen LogP contribution in [0.4, 0.5) is 35.1 Å². The number of fused-ring (bicyclic) bond motifs is 1. The summed E-state index contributed by atoms with van der Waals surface area (Å²) in [6.45, 7) is 0.0577. The van der Waals surface area contributed by atoms with Gasteiger partial charge in [0.1, 0.15) is 29.4 Å². The molecule has 3 aromatic rings. The fourth-order valence-electron chi connectivity index (χ4n) is 3.52. The van der Waals surface area contributed by atoms with E-state index >= 15 is 0 Å². The number of alkyl halides is 6. The average molecular weight is 555 g/mol. The molecule has 0 aliphatic carbocycles. The summed E-state index contributed by atoms with van der Waals surface area (Å²) in [7, 11) is 0. The topological polar surface area (TPSA) is 78.9 Å². The average Bonchev–Trinajstić information content (AvgIpc) is 3.52. The maximum atomic E-state index is 14.1. The third-order valence-electron chi connectivity index (χ3n) is 5.37. The zero-order valence-corrected chi connectivity index (χ0v) is 19.1. The maximum Gasteiger partial charge on any atom is 0.439 e. The first kappa shape index (κ1) is 26.1. The van der Waals surface area contributed by atoms with E-state index in [1.54, 1.807) is 0 Å². The van der Waals surface area contributed by atoms with Crippen LogP contribution in [-0.4, -0.2) is 43.4 Å². The van der Waals surface area contributed by atoms with Gasteiger partial charge in [-0.25, -0.2) is 23.1 Å². The number of hydrogen-bond donors (Lipinski definition) is 0. The molecule has 2 aliphatic heterocycles. The van der Waals surface area contributed by atoms with Crippen LogP contribution in [0.2, 0.25) is 0 Å². The van der Waals surface area contributed by atoms with Crippen molar-refractivity contribution in [2.75, 3.05) is 0 Å². The molecule has 0 amide bonds. The van der Waals surface area contributed by atoms with Crippen LogP contribution in [0.25, 0.3) is 34.0 Å². The van der Waals surface area contributed by atoms with Crippen LogP contribution in [0.15, 0.2) is 65.4 Å². The molecule has 2 aromatic carbocycles. The van der Waals surface area contributed by atoms with Gasteiger partial charge < -0.3 is 9.26 Å². The lowest BCUT2D eigenvalue weighted by Gasteiger charge is -2.23. The highest BCUT2D eigenvalue weighted by Gasteiger charge is 2.59. The minimum atomic E-state index is -5.80. The van der Waals surface area contributed by atoms with Gasteiger partial charge in [0.2, 0.25) is 0 Å². The minimum absolute atomic E-state index is 0.0193. The van der Waals surface area contributed by atoms with Crippen molar-refractivity contribution in [2.24, 2.45) is 0 Å². The van der Waals surface area contributed by atoms with E-state index in [0.29, 0.717) is 22.7 Å². The number of rotatable bonds is 7. The van der Waals surface area contributed by atoms with Crippen LogP contribution in [0.3, 0.4) is 0 Å². The molecule has 0 spiro atoms. The second-order valence-electron chi connectivity index (χ2n) is 8.16. The molecule has 2 aliphatic rings. The van der Waals surface area contributed by atoms with E-state index in [-0.39, 0.29) is 23.6 Å². The Bertz CT molecular complexity index is 1580. The van der Waals surface area contributed by atoms with Crippen LogP contribution < -0.4 is 4.74 Å². The highest BCUT2D eigenvalue weighted by molar-refractivity contribution is 5.65. The normalized spacial score (nSPS) is 13.1. The molecule has 1 unspecified atom stereocenters. The van der Waals surface area contributed by atoms with Gasteiger partial charge in [-0.3, -0.25) is 4.68 Å². The SMILES string of the molecule is Fc1cccc(-c2nc3cnn(Cc4cc(-c5ccc(OC(F)(F)C(F)C(F)(F)F)cc5)no4)cc-3n2)c1F. The lowest BCUT2D eigenvalue weighted by Crippen LogP contribution is -2.45. The lowest BCUT2D eigenvalue weighted by atomic mass is 10.1. The van der Waals surface area contributed by atoms with Crippen LogP contribution >= 0.6 is 0 Å². The van der Waals surface area contributed by atoms with Gasteiger partial charge in [0, 0.05) is 11.6 Å². The third kappa shape index (κ3) is 5.37. The van der Waals surface area contributed by atoms with E-state index < -0.39 is 35.8 Å². The molecular formula is C24H13F8N5O2. The summed E-state index contributed by atoms with van der Waals surface area (Å²) in [5, 5.41) is 8.02. The van der Waals surface area contributed by atoms with Crippen molar-refractivity contribution in [1.29, 1.82) is 0 Å². The van der Waals surface area contributed by atoms with E-state index in [1.165, 1.54) is 47.4 Å². The van der Waals surface area contributed by atoms with E-state index in [9.17, 15) is 35.1 Å². The van der Waals surface area contributed by atoms with Crippen molar-refractivity contribution in [3.8, 4) is 39.8 Å². The molecule has 5 rings (SSSR count). The van der Waals surface area contributed by atoms with Gasteiger partial charge in [0.25, 0.3) is 6.17 Å². The zero-order valence-electron chi connectivity index (χ0n) is 19.1. The Hall–Kier alpha value is -4.56. The number of nitrogens with zero attached hydrogens (tertiary/aromatic N) is 5. The Balaban J connectivity index is 1.29. The first-order valence-electron chi connectivity index (χ1n) is 10.9. The molecule has 15 heteroatoms. The van der Waals surface area contributed by atoms with E-state index in [2.05, 4.69) is 25.0 Å². The van der Waals surface area contributed by atoms with Crippen molar-refractivity contribution in [2.45, 2.75) is 25.0 Å². The summed E-state index contributed by atoms with van der Waals surface area (Å²) in [5.41, 5.74) is 1.16. The molecule has 0 bridgehead atoms. The largest absolute Gasteiger partial charge is 0.439 e. The van der Waals surface area contributed by atoms with Crippen molar-refractivity contribution in [3.05, 3.63) is 78.3 Å². The van der Waals surface area contributed by atoms with Crippen molar-refractivity contribution >= 4 is 0 Å². The summed E-state index contributed by atoms with van der Waals surface area (Å²) in [5.74, 6) is -2.53. The summed E-state index contributed by atoms with van der Waals surface area (Å²) < 4.78 is 115. The van der Waals surface area contributed by atoms with E-state index in [0.717, 1.165) is 18.2 Å². The predicted octanol–water partition coefficient (Wildman–Crippen LogP) is 6.30. The van der Waals surface area contributed by atoms with Crippen LogP contribution in [0.5, 0.6) is 5.75 Å². The lowest BCUT2D eigenvalue weighted by molar-refractivity contribution is -0.304. The molecule has 1 atom stereocenters. The first-order chi connectivity index (χ1) is 18.4. The Labute approximate surface area is 213 Å². The van der Waals surface area contributed by atoms with Crippen molar-refractivity contribution in [1.82, 2.24) is 24.9 Å². The van der Waals surface area contributed by atoms with Gasteiger partial charge in [0.15, 0.2) is 23.2 Å². The molecule has 0 N–H and O–H groups in total. The molecule has 0 fully saturated rings. The van der Waals surface area contributed by atoms with Gasteiger partial charge >= 0.3 is 12.3 Å². The molecule has 1 aromatic heterocycles. The van der Waals surface area contributed by atoms with Crippen LogP contribution in [-0.2, 0) is 6.54 Å². The number of imidazole rings is 1. The third-order valence-corrected chi connectivity index (χ3v) is 5.37. The number of hydrogen-bond acceptors (Lipinski definition) is 6. The number of halogens is 8. The van der Waals surface area contributed by atoms with Gasteiger partial charge in [-0.15, -0.1) is 0 Å². The molecule has 39 heavy (non-hydrogen) atoms. The second kappa shape index (κ2) is 9.63. The van der Waals surface area contributed by atoms with Crippen molar-refractivity contribution in [3.63, 3.8) is 0 Å². The van der Waals surface area contributed by atoms with Gasteiger partial charge in [-0.2, -0.15) is 27.1 Å². The molecule has 0 saturated heterocycles. The molecule has 7 nitrogen and oxygen atoms in total. The molecule has 0 saturated carbocycles. The summed E-state index contributed by atoms with van der Waals surface area (Å²) in [6.07, 6.45) is -12.5. The second-order valence-corrected chi connectivity index (χ2v) is 8.16. The van der Waals surface area contributed by atoms with Gasteiger partial charge in [-0.1, -0.05) is 11.2 Å². The summed E-state index contributed by atoms with van der Waals surface area (Å²) in [4.78, 5) is 8.39. The maximum absolute atomic E-state index is 14.1. The Morgan fingerprint density at radius 2 is 1.64 bits per heavy atom. The van der Waals surface area contributed by atoms with Gasteiger partial charge in [-0.05, 0) is 36.4 Å². The summed E-state index contributed by atoms with van der Waals surface area (Å²) in [6, 6.07) is 9.44. The fraction of sp³-hybridized carbons (Fsp3) is 0.167. The smallest absolute Gasteiger partial charge is 0.430 e. The minimum Gasteiger partial charge on any atom is -0.430 e. The Kier molecular flexibility index (Phi) is 6.44. The van der Waals surface area contributed by atoms with Gasteiger partial charge in [0.05, 0.1) is 18.0 Å². The number of benzene rings is 2. The van der Waals surface area contributed by atoms with Crippen LogP contribution in [0.1, 0.15) is 5.76 Å². The zero-order chi connectivity index (χ0) is 27.9. The Morgan fingerprint density at radius 1 is 0.923 bits per heavy atom. The predicted molar refractivity (Wildman–Crippen MR) is 117 cm³/mol. The molecule has 3 heterocycles. The molecular weight excluding hydrogens is 542 g/mol. The quantitative estimate of drug-likeness (QED) is 0.220. The summed E-state index contributed by atoms with van der Waals surface area (Å²) >= 11 is 0. The standard InChI is InChI=1S/C24H13F8N5O2/c25-16-3-1-2-15(20(16)26)21-34-18-9-33-37(11-19(18)35-21)10-14-8-17(36-39-14)12-4-6-13(7-5-12)38-24(31,32)22(27)23(28,29)30/h1-9,11,22H,10H2. The van der Waals surface area contributed by atoms with E-state index in [1.807, 2.05) is 0 Å². The highest BCUT2D eigenvalue weighted by Crippen LogP contribution is 2.37. The Morgan fingerprint density at radius 3 is 2.36 bits per heavy atom. The fourth-order valence-corrected chi connectivity index (χ4v) is 3.52. The van der Waals surface area contributed by atoms with E-state index in [4.69, 9.17) is 4.52 Å². The number of ether oxygens (including phenoxy) is 1. The highest BCUT2D eigenvalue weighted by atomic mass is 19.4. The number of aromatic nitrogens is 5. The first-order valence-corrected chi connectivity index (χ1v) is 10.9. The van der Waals surface area contributed by atoms with Crippen molar-refractivity contribution < 1.29 is 44.4 Å². The molecule has 202 valence electrons. The molecule has 0 radical (unpaired) electrons.